The molecular weight excluding hydrogens is 272 g/mol. The van der Waals surface area contributed by atoms with Crippen LogP contribution in [0.4, 0.5) is 0 Å². The molecule has 22 heavy (non-hydrogen) atoms. The molecule has 0 aromatic carbocycles. The molecule has 0 bridgehead atoms. The second-order valence-corrected chi connectivity index (χ2v) is 9.48. The van der Waals surface area contributed by atoms with Crippen LogP contribution in [-0.2, 0) is 9.47 Å². The van der Waals surface area contributed by atoms with E-state index in [-0.39, 0.29) is 0 Å². The van der Waals surface area contributed by atoms with Crippen molar-refractivity contribution in [1.82, 2.24) is 0 Å². The van der Waals surface area contributed by atoms with Crippen LogP contribution in [-0.4, -0.2) is 12.2 Å². The molecule has 114 valence electrons. The lowest BCUT2D eigenvalue weighted by atomic mass is 9.75. The molecule has 2 nitrogen and oxygen atoms in total. The van der Waals surface area contributed by atoms with Gasteiger partial charge in [0.2, 0.25) is 0 Å². The minimum absolute atomic E-state index is 0.554. The van der Waals surface area contributed by atoms with Crippen LogP contribution in [0.25, 0.3) is 0 Å². The predicted octanol–water partition coefficient (Wildman–Crippen LogP) is 3.36. The molecule has 0 N–H and O–H groups in total. The van der Waals surface area contributed by atoms with Gasteiger partial charge in [0.1, 0.15) is 12.2 Å². The van der Waals surface area contributed by atoms with Gasteiger partial charge in [-0.15, -0.1) is 0 Å². The first kappa shape index (κ1) is 10.8. The van der Waals surface area contributed by atoms with Crippen molar-refractivity contribution in [3.05, 3.63) is 23.7 Å². The zero-order chi connectivity index (χ0) is 13.7. The van der Waals surface area contributed by atoms with E-state index in [0.29, 0.717) is 12.2 Å². The van der Waals surface area contributed by atoms with Gasteiger partial charge in [0.15, 0.2) is 0 Å². The van der Waals surface area contributed by atoms with Crippen LogP contribution in [0.2, 0.25) is 0 Å². The highest BCUT2D eigenvalue weighted by molar-refractivity contribution is 5.43. The van der Waals surface area contributed by atoms with Gasteiger partial charge in [0.25, 0.3) is 0 Å². The normalized spacial score (nSPS) is 69.5. The molecule has 0 aromatic rings. The van der Waals surface area contributed by atoms with Gasteiger partial charge >= 0.3 is 0 Å². The Morgan fingerprint density at radius 2 is 1.09 bits per heavy atom. The van der Waals surface area contributed by atoms with Gasteiger partial charge in [-0.25, -0.2) is 0 Å². The van der Waals surface area contributed by atoms with Crippen LogP contribution in [0, 0.1) is 59.2 Å². The minimum Gasteiger partial charge on any atom is -0.498 e. The van der Waals surface area contributed by atoms with E-state index in [9.17, 15) is 0 Å². The van der Waals surface area contributed by atoms with Gasteiger partial charge in [-0.05, 0) is 84.2 Å². The average molecular weight is 294 g/mol. The second kappa shape index (κ2) is 3.03. The summed E-state index contributed by atoms with van der Waals surface area (Å²) in [7, 11) is 0. The van der Waals surface area contributed by atoms with Gasteiger partial charge in [-0.1, -0.05) is 0 Å². The average Bonchev–Trinajstić information content (AvgIpc) is 3.29. The topological polar surface area (TPSA) is 18.5 Å². The first-order chi connectivity index (χ1) is 10.9. The van der Waals surface area contributed by atoms with Crippen molar-refractivity contribution in [2.75, 3.05) is 0 Å². The Morgan fingerprint density at radius 1 is 0.591 bits per heavy atom. The molecule has 2 aliphatic heterocycles. The number of fused-ring (bicyclic) bond motifs is 4. The highest BCUT2D eigenvalue weighted by atomic mass is 16.5. The molecular formula is C20H22O2. The van der Waals surface area contributed by atoms with E-state index in [1.54, 1.807) is 11.1 Å². The summed E-state index contributed by atoms with van der Waals surface area (Å²) < 4.78 is 12.6. The van der Waals surface area contributed by atoms with E-state index in [0.717, 1.165) is 59.2 Å². The van der Waals surface area contributed by atoms with Crippen molar-refractivity contribution in [2.24, 2.45) is 59.2 Å². The molecule has 2 heteroatoms. The van der Waals surface area contributed by atoms with Gasteiger partial charge in [-0.3, -0.25) is 0 Å². The second-order valence-electron chi connectivity index (χ2n) is 9.48. The van der Waals surface area contributed by atoms with Crippen molar-refractivity contribution < 1.29 is 9.47 Å². The lowest BCUT2D eigenvalue weighted by Gasteiger charge is -2.36. The summed E-state index contributed by atoms with van der Waals surface area (Å²) in [6.45, 7) is 0. The highest BCUT2D eigenvalue weighted by Crippen LogP contribution is 2.80. The standard InChI is InChI=1S/C20H22O2/c1-3-11-15-7(1)13-9-5-22-12-4-2-8-14-10(6-21-11)17(15)19(13)20(14)18(9)16(8)12/h5-8,11-20H,1-4H2/t7-,8+,11+,12-,13-,14+,15+,16-,17-,18-,19-,20-/m1/s1. The fourth-order valence-corrected chi connectivity index (χ4v) is 9.59. The largest absolute Gasteiger partial charge is 0.498 e. The highest BCUT2D eigenvalue weighted by Gasteiger charge is 2.77. The summed E-state index contributed by atoms with van der Waals surface area (Å²) in [5, 5.41) is 0. The van der Waals surface area contributed by atoms with Crippen molar-refractivity contribution in [2.45, 2.75) is 37.9 Å². The molecule has 12 atom stereocenters. The van der Waals surface area contributed by atoms with Crippen LogP contribution in [0.15, 0.2) is 23.7 Å². The number of rotatable bonds is 0. The Kier molecular flexibility index (Phi) is 1.49. The molecule has 6 saturated carbocycles. The maximum atomic E-state index is 6.30. The number of hydrogen-bond acceptors (Lipinski definition) is 2. The molecule has 0 aromatic heterocycles. The van der Waals surface area contributed by atoms with Crippen LogP contribution < -0.4 is 0 Å². The van der Waals surface area contributed by atoms with Crippen LogP contribution in [0.3, 0.4) is 0 Å². The van der Waals surface area contributed by atoms with E-state index in [1.165, 1.54) is 25.7 Å². The van der Waals surface area contributed by atoms with Crippen LogP contribution in [0.5, 0.6) is 0 Å². The molecule has 0 radical (unpaired) electrons. The molecule has 6 aliphatic carbocycles. The van der Waals surface area contributed by atoms with Gasteiger partial charge in [0.05, 0.1) is 12.5 Å². The molecule has 6 fully saturated rings. The molecule has 2 heterocycles. The Hall–Kier alpha value is -0.920. The van der Waals surface area contributed by atoms with Gasteiger partial charge in [0, 0.05) is 11.8 Å². The van der Waals surface area contributed by atoms with Gasteiger partial charge < -0.3 is 9.47 Å². The Balaban J connectivity index is 1.45. The summed E-state index contributed by atoms with van der Waals surface area (Å²) in [5.74, 6) is 9.04. The Bertz CT molecular complexity index is 619. The monoisotopic (exact) mass is 294 g/mol. The van der Waals surface area contributed by atoms with Gasteiger partial charge in [-0.2, -0.15) is 0 Å². The third kappa shape index (κ3) is 0.823. The zero-order valence-electron chi connectivity index (χ0n) is 12.7. The van der Waals surface area contributed by atoms with Crippen molar-refractivity contribution >= 4 is 0 Å². The maximum absolute atomic E-state index is 6.30. The van der Waals surface area contributed by atoms with E-state index < -0.39 is 0 Å². The molecule has 0 amide bonds. The lowest BCUT2D eigenvalue weighted by Crippen LogP contribution is -2.34. The lowest BCUT2D eigenvalue weighted by molar-refractivity contribution is 0.0417. The number of allylic oxidation sites excluding steroid dienone is 2. The van der Waals surface area contributed by atoms with Crippen molar-refractivity contribution in [3.63, 3.8) is 0 Å². The molecule has 0 saturated heterocycles. The molecule has 0 unspecified atom stereocenters. The molecule has 8 rings (SSSR count). The summed E-state index contributed by atoms with van der Waals surface area (Å²) in [6.07, 6.45) is 11.1. The predicted molar refractivity (Wildman–Crippen MR) is 79.3 cm³/mol. The first-order valence-electron chi connectivity index (χ1n) is 9.64. The molecule has 8 aliphatic rings. The van der Waals surface area contributed by atoms with Crippen LogP contribution in [0.1, 0.15) is 25.7 Å². The SMILES string of the molecule is C1=C2[C@@H]3[C@@H]4CC[C@H]5OC=C6[C@H]7[C@H]8CC[C@H](O1)[C@H]8[C@@H]2[C@@H]7[C@H]3[C@H]6[C@H]45. The van der Waals surface area contributed by atoms with Crippen LogP contribution >= 0.6 is 0 Å². The first-order valence-corrected chi connectivity index (χ1v) is 9.64. The number of hydrogen-bond donors (Lipinski definition) is 0. The Morgan fingerprint density at radius 3 is 1.59 bits per heavy atom. The van der Waals surface area contributed by atoms with E-state index >= 15 is 0 Å². The maximum Gasteiger partial charge on any atom is 0.101 e. The molecule has 0 spiro atoms. The fraction of sp³-hybridized carbons (Fsp3) is 0.800. The van der Waals surface area contributed by atoms with E-state index in [2.05, 4.69) is 12.5 Å². The van der Waals surface area contributed by atoms with E-state index in [4.69, 9.17) is 9.47 Å². The third-order valence-corrected chi connectivity index (χ3v) is 9.57. The summed E-state index contributed by atoms with van der Waals surface area (Å²) in [5.41, 5.74) is 3.56. The fourth-order valence-electron chi connectivity index (χ4n) is 9.59. The summed E-state index contributed by atoms with van der Waals surface area (Å²) in [6, 6.07) is 0. The quantitative estimate of drug-likeness (QED) is 0.682. The summed E-state index contributed by atoms with van der Waals surface area (Å²) in [4.78, 5) is 0. The van der Waals surface area contributed by atoms with Crippen molar-refractivity contribution in [3.8, 4) is 0 Å². The van der Waals surface area contributed by atoms with Crippen molar-refractivity contribution in [1.29, 1.82) is 0 Å². The Labute approximate surface area is 130 Å². The summed E-state index contributed by atoms with van der Waals surface area (Å²) >= 11 is 0. The third-order valence-electron chi connectivity index (χ3n) is 9.57. The zero-order valence-corrected chi connectivity index (χ0v) is 12.7. The minimum atomic E-state index is 0.554. The smallest absolute Gasteiger partial charge is 0.101 e. The number of ether oxygens (including phenoxy) is 2. The van der Waals surface area contributed by atoms with E-state index in [1.807, 2.05) is 0 Å².